The van der Waals surface area contributed by atoms with Gasteiger partial charge >= 0.3 is 11.9 Å². The number of fused-ring (bicyclic) bond motifs is 1. The van der Waals surface area contributed by atoms with E-state index in [2.05, 4.69) is 11.6 Å². The van der Waals surface area contributed by atoms with Gasteiger partial charge in [0.25, 0.3) is 0 Å². The number of unbranched alkanes of at least 4 members (excludes halogenated alkanes) is 1. The first-order valence-electron chi connectivity index (χ1n) is 10.4. The van der Waals surface area contributed by atoms with Crippen LogP contribution in [0.4, 0.5) is 0 Å². The molecule has 0 radical (unpaired) electrons. The van der Waals surface area contributed by atoms with E-state index in [0.717, 1.165) is 23.6 Å². The summed E-state index contributed by atoms with van der Waals surface area (Å²) in [6, 6.07) is 9.26. The summed E-state index contributed by atoms with van der Waals surface area (Å²) in [7, 11) is -3.98. The molecule has 1 aliphatic carbocycles. The lowest BCUT2D eigenvalue weighted by atomic mass is 9.78. The van der Waals surface area contributed by atoms with Gasteiger partial charge < -0.3 is 14.9 Å². The number of carboxylic acids is 2. The Kier molecular flexibility index (Phi) is 7.17. The zero-order valence-electron chi connectivity index (χ0n) is 17.3. The highest BCUT2D eigenvalue weighted by atomic mass is 32.2. The molecule has 168 valence electrons. The predicted octanol–water partition coefficient (Wildman–Crippen LogP) is 3.25. The smallest absolute Gasteiger partial charge is 0.308 e. The molecule has 2 aromatic carbocycles. The summed E-state index contributed by atoms with van der Waals surface area (Å²) in [5.41, 5.74) is 0. The third-order valence-corrected chi connectivity index (χ3v) is 7.17. The SMILES string of the molecule is CCCCOc1ccc2cc(S(=O)(=O)NC3CCC(C(=O)O)CC3C(=O)O)ccc2c1. The fourth-order valence-electron chi connectivity index (χ4n) is 3.87. The maximum Gasteiger partial charge on any atom is 0.308 e. The van der Waals surface area contributed by atoms with E-state index in [1.165, 1.54) is 12.1 Å². The van der Waals surface area contributed by atoms with Crippen LogP contribution in [0.2, 0.25) is 0 Å². The lowest BCUT2D eigenvalue weighted by Crippen LogP contribution is -2.47. The van der Waals surface area contributed by atoms with Crippen molar-refractivity contribution in [2.75, 3.05) is 6.61 Å². The molecule has 8 nitrogen and oxygen atoms in total. The molecule has 1 saturated carbocycles. The van der Waals surface area contributed by atoms with Crippen LogP contribution in [0.3, 0.4) is 0 Å². The summed E-state index contributed by atoms with van der Waals surface area (Å²) in [5.74, 6) is -3.41. The molecule has 31 heavy (non-hydrogen) atoms. The van der Waals surface area contributed by atoms with Gasteiger partial charge in [-0.1, -0.05) is 25.5 Å². The van der Waals surface area contributed by atoms with Crippen LogP contribution in [-0.2, 0) is 19.6 Å². The average molecular weight is 450 g/mol. The summed E-state index contributed by atoms with van der Waals surface area (Å²) >= 11 is 0. The standard InChI is InChI=1S/C22H27NO7S/c1-2-3-10-30-17-7-4-15-12-18(8-5-14(15)11-17)31(28,29)23-20-9-6-16(21(24)25)13-19(20)22(26)27/h4-5,7-8,11-12,16,19-20,23H,2-3,6,9-10,13H2,1H3,(H,24,25)(H,26,27). The number of rotatable bonds is 9. The summed E-state index contributed by atoms with van der Waals surface area (Å²) in [6.07, 6.45) is 2.26. The Labute approximate surface area is 181 Å². The Bertz CT molecular complexity index is 1070. The zero-order chi connectivity index (χ0) is 22.6. The second-order valence-corrected chi connectivity index (χ2v) is 9.61. The van der Waals surface area contributed by atoms with Gasteiger partial charge in [-0.3, -0.25) is 9.59 Å². The predicted molar refractivity (Wildman–Crippen MR) is 115 cm³/mol. The summed E-state index contributed by atoms with van der Waals surface area (Å²) in [5, 5.41) is 20.2. The third-order valence-electron chi connectivity index (χ3n) is 5.68. The Morgan fingerprint density at radius 1 is 1.06 bits per heavy atom. The van der Waals surface area contributed by atoms with Gasteiger partial charge in [-0.05, 0) is 60.7 Å². The number of carbonyl (C=O) groups is 2. The molecule has 2 aromatic rings. The molecule has 0 heterocycles. The lowest BCUT2D eigenvalue weighted by molar-refractivity contribution is -0.148. The summed E-state index contributed by atoms with van der Waals surface area (Å²) in [6.45, 7) is 2.70. The lowest BCUT2D eigenvalue weighted by Gasteiger charge is -2.32. The number of nitrogens with one attached hydrogen (secondary N) is 1. The number of hydrogen-bond donors (Lipinski definition) is 3. The number of benzene rings is 2. The van der Waals surface area contributed by atoms with Crippen LogP contribution < -0.4 is 9.46 Å². The first-order chi connectivity index (χ1) is 14.7. The topological polar surface area (TPSA) is 130 Å². The molecule has 0 bridgehead atoms. The van der Waals surface area contributed by atoms with Crippen LogP contribution in [0.25, 0.3) is 10.8 Å². The van der Waals surface area contributed by atoms with Crippen molar-refractivity contribution in [3.63, 3.8) is 0 Å². The Hall–Kier alpha value is -2.65. The second kappa shape index (κ2) is 9.65. The molecule has 0 aromatic heterocycles. The molecule has 0 amide bonds. The summed E-state index contributed by atoms with van der Waals surface area (Å²) in [4.78, 5) is 22.9. The molecule has 3 N–H and O–H groups in total. The number of hydrogen-bond acceptors (Lipinski definition) is 5. The number of ether oxygens (including phenoxy) is 1. The van der Waals surface area contributed by atoms with Gasteiger partial charge in [0.1, 0.15) is 5.75 Å². The molecule has 1 fully saturated rings. The molecule has 3 unspecified atom stereocenters. The Morgan fingerprint density at radius 2 is 1.77 bits per heavy atom. The Morgan fingerprint density at radius 3 is 2.45 bits per heavy atom. The van der Waals surface area contributed by atoms with Gasteiger partial charge in [-0.2, -0.15) is 0 Å². The van der Waals surface area contributed by atoms with Gasteiger partial charge in [-0.15, -0.1) is 0 Å². The normalized spacial score (nSPS) is 21.6. The van der Waals surface area contributed by atoms with Crippen molar-refractivity contribution in [3.8, 4) is 5.75 Å². The van der Waals surface area contributed by atoms with Crippen LogP contribution in [0.5, 0.6) is 5.75 Å². The van der Waals surface area contributed by atoms with Crippen LogP contribution >= 0.6 is 0 Å². The van der Waals surface area contributed by atoms with Crippen molar-refractivity contribution in [3.05, 3.63) is 36.4 Å². The molecule has 9 heteroatoms. The number of sulfonamides is 1. The third kappa shape index (κ3) is 5.54. The van der Waals surface area contributed by atoms with E-state index in [9.17, 15) is 28.2 Å². The number of carboxylic acid groups (broad SMARTS) is 2. The fraction of sp³-hybridized carbons (Fsp3) is 0.455. The molecule has 0 aliphatic heterocycles. The maximum atomic E-state index is 12.9. The quantitative estimate of drug-likeness (QED) is 0.501. The van der Waals surface area contributed by atoms with Gasteiger partial charge in [0.15, 0.2) is 0 Å². The van der Waals surface area contributed by atoms with Crippen molar-refractivity contribution < 1.29 is 33.0 Å². The second-order valence-electron chi connectivity index (χ2n) is 7.89. The van der Waals surface area contributed by atoms with Crippen molar-refractivity contribution in [1.82, 2.24) is 4.72 Å². The van der Waals surface area contributed by atoms with E-state index < -0.39 is 39.8 Å². The van der Waals surface area contributed by atoms with Gasteiger partial charge in [0, 0.05) is 6.04 Å². The minimum Gasteiger partial charge on any atom is -0.494 e. The minimum atomic E-state index is -3.98. The maximum absolute atomic E-state index is 12.9. The number of aliphatic carboxylic acids is 2. The van der Waals surface area contributed by atoms with Crippen molar-refractivity contribution in [2.24, 2.45) is 11.8 Å². The van der Waals surface area contributed by atoms with Crippen LogP contribution in [0, 0.1) is 11.8 Å². The highest BCUT2D eigenvalue weighted by molar-refractivity contribution is 7.89. The van der Waals surface area contributed by atoms with Crippen LogP contribution in [0.1, 0.15) is 39.0 Å². The van der Waals surface area contributed by atoms with Crippen LogP contribution in [0.15, 0.2) is 41.3 Å². The fourth-order valence-corrected chi connectivity index (χ4v) is 5.22. The minimum absolute atomic E-state index is 0.0316. The Balaban J connectivity index is 1.78. The van der Waals surface area contributed by atoms with Crippen LogP contribution in [-0.4, -0.2) is 43.2 Å². The van der Waals surface area contributed by atoms with Crippen molar-refractivity contribution in [1.29, 1.82) is 0 Å². The van der Waals surface area contributed by atoms with Crippen molar-refractivity contribution >= 4 is 32.7 Å². The first-order valence-corrected chi connectivity index (χ1v) is 11.8. The molecular weight excluding hydrogens is 422 g/mol. The first kappa shape index (κ1) is 23.0. The molecule has 0 spiro atoms. The van der Waals surface area contributed by atoms with E-state index in [1.807, 2.05) is 6.07 Å². The average Bonchev–Trinajstić information content (AvgIpc) is 2.73. The van der Waals surface area contributed by atoms with Gasteiger partial charge in [-0.25, -0.2) is 13.1 Å². The van der Waals surface area contributed by atoms with Gasteiger partial charge in [0.2, 0.25) is 10.0 Å². The summed E-state index contributed by atoms with van der Waals surface area (Å²) < 4.78 is 34.0. The highest BCUT2D eigenvalue weighted by Crippen LogP contribution is 2.31. The monoisotopic (exact) mass is 449 g/mol. The van der Waals surface area contributed by atoms with E-state index in [1.54, 1.807) is 18.2 Å². The largest absolute Gasteiger partial charge is 0.494 e. The van der Waals surface area contributed by atoms with Crippen molar-refractivity contribution in [2.45, 2.75) is 50.0 Å². The van der Waals surface area contributed by atoms with E-state index in [0.29, 0.717) is 12.4 Å². The highest BCUT2D eigenvalue weighted by Gasteiger charge is 2.40. The zero-order valence-corrected chi connectivity index (χ0v) is 18.1. The van der Waals surface area contributed by atoms with E-state index >= 15 is 0 Å². The van der Waals surface area contributed by atoms with E-state index in [4.69, 9.17) is 4.74 Å². The molecule has 0 saturated heterocycles. The molecule has 3 atom stereocenters. The molecular formula is C22H27NO7S. The molecule has 1 aliphatic rings. The van der Waals surface area contributed by atoms with E-state index in [-0.39, 0.29) is 24.2 Å². The molecule has 3 rings (SSSR count). The van der Waals surface area contributed by atoms with Gasteiger partial charge in [0.05, 0.1) is 23.3 Å².